The number of nitrogens with zero attached hydrogens (tertiary/aromatic N) is 3. The van der Waals surface area contributed by atoms with Crippen molar-refractivity contribution in [1.29, 1.82) is 0 Å². The molecule has 0 N–H and O–H groups in total. The lowest BCUT2D eigenvalue weighted by Gasteiger charge is -2.10. The molecule has 0 aliphatic carbocycles. The van der Waals surface area contributed by atoms with Crippen molar-refractivity contribution >= 4 is 38.4 Å². The van der Waals surface area contributed by atoms with Gasteiger partial charge in [0.25, 0.3) is 0 Å². The molecule has 3 nitrogen and oxygen atoms in total. The molecule has 3 heteroatoms. The molecule has 0 atom stereocenters. The number of allylic oxidation sites excluding steroid dienone is 5. The van der Waals surface area contributed by atoms with Crippen molar-refractivity contribution in [2.75, 3.05) is 0 Å². The summed E-state index contributed by atoms with van der Waals surface area (Å²) in [5, 5.41) is 3.52. The van der Waals surface area contributed by atoms with E-state index in [1.165, 1.54) is 21.8 Å². The third-order valence-corrected chi connectivity index (χ3v) is 5.74. The van der Waals surface area contributed by atoms with Gasteiger partial charge in [-0.05, 0) is 43.7 Å². The molecular weight excluding hydrogens is 390 g/mol. The number of aryl methyl sites for hydroxylation is 1. The van der Waals surface area contributed by atoms with Crippen molar-refractivity contribution in [1.82, 2.24) is 14.5 Å². The lowest BCUT2D eigenvalue weighted by atomic mass is 10.0. The molecule has 0 fully saturated rings. The van der Waals surface area contributed by atoms with Gasteiger partial charge < -0.3 is 4.57 Å². The summed E-state index contributed by atoms with van der Waals surface area (Å²) in [5.41, 5.74) is 6.57. The van der Waals surface area contributed by atoms with E-state index in [9.17, 15) is 0 Å². The number of rotatable bonds is 5. The van der Waals surface area contributed by atoms with Crippen LogP contribution in [-0.2, 0) is 0 Å². The highest BCUT2D eigenvalue weighted by Crippen LogP contribution is 2.36. The molecular formula is C29H25N3. The molecule has 0 radical (unpaired) electrons. The third-order valence-electron chi connectivity index (χ3n) is 5.74. The van der Waals surface area contributed by atoms with Gasteiger partial charge in [-0.2, -0.15) is 0 Å². The predicted octanol–water partition coefficient (Wildman–Crippen LogP) is 7.71. The van der Waals surface area contributed by atoms with Gasteiger partial charge >= 0.3 is 0 Å². The topological polar surface area (TPSA) is 30.7 Å². The van der Waals surface area contributed by atoms with Crippen molar-refractivity contribution in [3.63, 3.8) is 0 Å². The van der Waals surface area contributed by atoms with Crippen LogP contribution in [0, 0.1) is 6.92 Å². The maximum Gasteiger partial charge on any atom is 0.126 e. The van der Waals surface area contributed by atoms with Crippen LogP contribution in [0.4, 0.5) is 0 Å². The first kappa shape index (κ1) is 20.0. The molecule has 0 bridgehead atoms. The van der Waals surface area contributed by atoms with E-state index in [2.05, 4.69) is 83.7 Å². The number of fused-ring (bicyclic) bond motifs is 4. The van der Waals surface area contributed by atoms with Crippen molar-refractivity contribution in [2.24, 2.45) is 0 Å². The molecule has 5 aromatic rings. The molecule has 5 rings (SSSR count). The van der Waals surface area contributed by atoms with Gasteiger partial charge in [0.2, 0.25) is 0 Å². The van der Waals surface area contributed by atoms with E-state index in [0.29, 0.717) is 0 Å². The molecule has 3 aromatic carbocycles. The van der Waals surface area contributed by atoms with Crippen LogP contribution in [0.5, 0.6) is 0 Å². The fourth-order valence-corrected chi connectivity index (χ4v) is 4.42. The minimum atomic E-state index is 0.781. The van der Waals surface area contributed by atoms with Crippen LogP contribution in [0.15, 0.2) is 97.6 Å². The summed E-state index contributed by atoms with van der Waals surface area (Å²) in [6.45, 7) is 7.96. The van der Waals surface area contributed by atoms with E-state index in [-0.39, 0.29) is 0 Å². The van der Waals surface area contributed by atoms with E-state index >= 15 is 0 Å². The van der Waals surface area contributed by atoms with Crippen molar-refractivity contribution in [2.45, 2.75) is 20.3 Å². The summed E-state index contributed by atoms with van der Waals surface area (Å²) < 4.78 is 2.33. The smallest absolute Gasteiger partial charge is 0.126 e. The Balaban J connectivity index is 1.82. The third kappa shape index (κ3) is 3.32. The zero-order chi connectivity index (χ0) is 22.1. The molecule has 0 aliphatic rings. The van der Waals surface area contributed by atoms with Gasteiger partial charge in [-0.25, -0.2) is 9.97 Å². The first-order chi connectivity index (χ1) is 15.7. The second-order valence-electron chi connectivity index (χ2n) is 7.85. The second kappa shape index (κ2) is 8.27. The lowest BCUT2D eigenvalue weighted by molar-refractivity contribution is 1.10. The van der Waals surface area contributed by atoms with Crippen LogP contribution < -0.4 is 0 Å². The summed E-state index contributed by atoms with van der Waals surface area (Å²) in [5.74, 6) is 0.781. The molecule has 0 saturated carbocycles. The van der Waals surface area contributed by atoms with Crippen LogP contribution in [0.2, 0.25) is 0 Å². The minimum Gasteiger partial charge on any atom is -0.310 e. The number of para-hydroxylation sites is 2. The number of hydrogen-bond acceptors (Lipinski definition) is 2. The van der Waals surface area contributed by atoms with Gasteiger partial charge in [0, 0.05) is 27.4 Å². The summed E-state index contributed by atoms with van der Waals surface area (Å²) in [6, 6.07) is 23.4. The van der Waals surface area contributed by atoms with E-state index in [0.717, 1.165) is 40.1 Å². The van der Waals surface area contributed by atoms with E-state index in [1.54, 1.807) is 0 Å². The fraction of sp³-hybridized carbons (Fsp3) is 0.103. The van der Waals surface area contributed by atoms with Gasteiger partial charge in [-0.15, -0.1) is 0 Å². The van der Waals surface area contributed by atoms with Crippen LogP contribution in [-0.4, -0.2) is 14.5 Å². The van der Waals surface area contributed by atoms with E-state index < -0.39 is 0 Å². The maximum absolute atomic E-state index is 4.82. The number of hydrogen-bond donors (Lipinski definition) is 0. The van der Waals surface area contributed by atoms with Gasteiger partial charge in [-0.3, -0.25) is 0 Å². The monoisotopic (exact) mass is 415 g/mol. The molecule has 2 aromatic heterocycles. The number of aromatic nitrogens is 3. The second-order valence-corrected chi connectivity index (χ2v) is 7.85. The summed E-state index contributed by atoms with van der Waals surface area (Å²) >= 11 is 0. The molecule has 32 heavy (non-hydrogen) atoms. The largest absolute Gasteiger partial charge is 0.310 e. The Morgan fingerprint density at radius 3 is 2.47 bits per heavy atom. The standard InChI is InChI=1S/C29H25N3/c1-4-6-12-22(11-5-2)32-27-16-10-8-13-23(27)25-19-21(17-18-28(25)32)29-24-14-7-9-15-26(24)30-20(3)31-29/h4,6-19H,1,5H2,2-3H3/b12-6-,22-11+. The normalized spacial score (nSPS) is 12.4. The van der Waals surface area contributed by atoms with Gasteiger partial charge in [0.1, 0.15) is 5.82 Å². The molecule has 2 heterocycles. The highest BCUT2D eigenvalue weighted by molar-refractivity contribution is 6.12. The molecule has 0 unspecified atom stereocenters. The van der Waals surface area contributed by atoms with Crippen molar-refractivity contribution < 1.29 is 0 Å². The predicted molar refractivity (Wildman–Crippen MR) is 137 cm³/mol. The molecule has 0 saturated heterocycles. The minimum absolute atomic E-state index is 0.781. The zero-order valence-electron chi connectivity index (χ0n) is 18.4. The van der Waals surface area contributed by atoms with Crippen LogP contribution >= 0.6 is 0 Å². The lowest BCUT2D eigenvalue weighted by Crippen LogP contribution is -1.95. The molecule has 0 spiro atoms. The number of benzene rings is 3. The first-order valence-electron chi connectivity index (χ1n) is 11.0. The van der Waals surface area contributed by atoms with E-state index in [1.807, 2.05) is 37.3 Å². The Morgan fingerprint density at radius 2 is 1.66 bits per heavy atom. The SMILES string of the molecule is C=C/C=C\C(=C/CC)n1c2ccccc2c2cc(-c3nc(C)nc4ccccc34)ccc21. The van der Waals surface area contributed by atoms with Crippen LogP contribution in [0.3, 0.4) is 0 Å². The summed E-state index contributed by atoms with van der Waals surface area (Å²) in [6.07, 6.45) is 9.14. The van der Waals surface area contributed by atoms with Gasteiger partial charge in [-0.1, -0.05) is 74.2 Å². The molecule has 0 aliphatic heterocycles. The Morgan fingerprint density at radius 1 is 0.906 bits per heavy atom. The fourth-order valence-electron chi connectivity index (χ4n) is 4.42. The van der Waals surface area contributed by atoms with Crippen LogP contribution in [0.25, 0.3) is 49.7 Å². The van der Waals surface area contributed by atoms with Gasteiger partial charge in [0.05, 0.1) is 22.2 Å². The maximum atomic E-state index is 4.82. The molecule has 0 amide bonds. The van der Waals surface area contributed by atoms with Crippen LogP contribution in [0.1, 0.15) is 19.2 Å². The first-order valence-corrected chi connectivity index (χ1v) is 11.0. The van der Waals surface area contributed by atoms with E-state index in [4.69, 9.17) is 4.98 Å². The Bertz CT molecular complexity index is 1530. The highest BCUT2D eigenvalue weighted by atomic mass is 15.0. The average molecular weight is 416 g/mol. The summed E-state index contributed by atoms with van der Waals surface area (Å²) in [4.78, 5) is 9.43. The van der Waals surface area contributed by atoms with Gasteiger partial charge in [0.15, 0.2) is 0 Å². The Kier molecular flexibility index (Phi) is 5.16. The quantitative estimate of drug-likeness (QED) is 0.275. The Labute approximate surface area is 188 Å². The van der Waals surface area contributed by atoms with Crippen molar-refractivity contribution in [3.8, 4) is 11.3 Å². The molecule has 156 valence electrons. The van der Waals surface area contributed by atoms with Crippen molar-refractivity contribution in [3.05, 3.63) is 103 Å². The highest BCUT2D eigenvalue weighted by Gasteiger charge is 2.15. The summed E-state index contributed by atoms with van der Waals surface area (Å²) in [7, 11) is 0. The zero-order valence-corrected chi connectivity index (χ0v) is 18.4. The average Bonchev–Trinajstić information content (AvgIpc) is 3.15. The Hall–Kier alpha value is -3.98.